The fourth-order valence-corrected chi connectivity index (χ4v) is 10.8. The summed E-state index contributed by atoms with van der Waals surface area (Å²) in [5.41, 5.74) is 20.3. The van der Waals surface area contributed by atoms with Crippen molar-refractivity contribution in [3.63, 3.8) is 0 Å². The number of rotatable bonds is 7. The number of nitrogens with zero attached hydrogens (tertiary/aromatic N) is 1. The van der Waals surface area contributed by atoms with Crippen molar-refractivity contribution in [3.05, 3.63) is 161 Å². The Kier molecular flexibility index (Phi) is 10.7. The van der Waals surface area contributed by atoms with Gasteiger partial charge in [-0.15, -0.1) is 0 Å². The molecule has 2 saturated carbocycles. The number of fused-ring (bicyclic) bond motifs is 3. The molecule has 0 aliphatic heterocycles. The van der Waals surface area contributed by atoms with Gasteiger partial charge in [-0.25, -0.2) is 0 Å². The number of hydrogen-bond acceptors (Lipinski definition) is 1. The summed E-state index contributed by atoms with van der Waals surface area (Å²) >= 11 is 0. The van der Waals surface area contributed by atoms with Crippen LogP contribution in [0.3, 0.4) is 0 Å². The second kappa shape index (κ2) is 15.9. The van der Waals surface area contributed by atoms with Crippen molar-refractivity contribution < 1.29 is 0 Å². The highest BCUT2D eigenvalue weighted by molar-refractivity contribution is 5.87. The van der Waals surface area contributed by atoms with E-state index in [1.165, 1.54) is 137 Å². The van der Waals surface area contributed by atoms with E-state index in [1.807, 2.05) is 0 Å². The van der Waals surface area contributed by atoms with Crippen LogP contribution in [0.4, 0.5) is 17.1 Å². The SMILES string of the molecule is CC(C)(C)c1cc(-c2ccc(N(c3cccc(-c4cc(C5CCCCC5)cc(C5CCCCC5)c4)c3)c3ccc4c(c3)C(C)(C)c3ccccc3-4)cc2)cc(C(C)(C)C)c1. The van der Waals surface area contributed by atoms with Gasteiger partial charge in [-0.3, -0.25) is 0 Å². The summed E-state index contributed by atoms with van der Waals surface area (Å²) in [6, 6.07) is 50.0. The lowest BCUT2D eigenvalue weighted by Crippen LogP contribution is -2.16. The first kappa shape index (κ1) is 40.5. The lowest BCUT2D eigenvalue weighted by atomic mass is 9.78. The molecular formula is C59H67N. The van der Waals surface area contributed by atoms with E-state index in [0.717, 1.165) is 0 Å². The molecule has 6 aromatic rings. The van der Waals surface area contributed by atoms with Gasteiger partial charge >= 0.3 is 0 Å². The van der Waals surface area contributed by atoms with Crippen LogP contribution in [0.5, 0.6) is 0 Å². The Labute approximate surface area is 362 Å². The highest BCUT2D eigenvalue weighted by Crippen LogP contribution is 2.51. The molecule has 3 aliphatic carbocycles. The molecule has 2 fully saturated rings. The minimum absolute atomic E-state index is 0.0614. The quantitative estimate of drug-likeness (QED) is 0.156. The van der Waals surface area contributed by atoms with Crippen molar-refractivity contribution in [2.75, 3.05) is 4.90 Å². The highest BCUT2D eigenvalue weighted by Gasteiger charge is 2.36. The van der Waals surface area contributed by atoms with Gasteiger partial charge in [0.05, 0.1) is 0 Å². The summed E-state index contributed by atoms with van der Waals surface area (Å²) in [5, 5.41) is 0. The third-order valence-corrected chi connectivity index (χ3v) is 14.5. The summed E-state index contributed by atoms with van der Waals surface area (Å²) in [4.78, 5) is 2.51. The normalized spacial score (nSPS) is 17.0. The monoisotopic (exact) mass is 790 g/mol. The Balaban J connectivity index is 1.16. The van der Waals surface area contributed by atoms with Gasteiger partial charge in [0.25, 0.3) is 0 Å². The maximum absolute atomic E-state index is 2.62. The summed E-state index contributed by atoms with van der Waals surface area (Å²) in [6.45, 7) is 18.7. The largest absolute Gasteiger partial charge is 0.310 e. The van der Waals surface area contributed by atoms with Crippen molar-refractivity contribution in [1.82, 2.24) is 0 Å². The lowest BCUT2D eigenvalue weighted by molar-refractivity contribution is 0.435. The molecule has 0 saturated heterocycles. The van der Waals surface area contributed by atoms with Crippen LogP contribution in [0.25, 0.3) is 33.4 Å². The number of anilines is 3. The van der Waals surface area contributed by atoms with Gasteiger partial charge in [-0.1, -0.05) is 185 Å². The van der Waals surface area contributed by atoms with Crippen LogP contribution in [0.2, 0.25) is 0 Å². The van der Waals surface area contributed by atoms with Crippen LogP contribution in [-0.2, 0) is 16.2 Å². The molecule has 0 atom stereocenters. The van der Waals surface area contributed by atoms with Crippen molar-refractivity contribution in [2.45, 2.75) is 148 Å². The average molecular weight is 790 g/mol. The summed E-state index contributed by atoms with van der Waals surface area (Å²) in [6.07, 6.45) is 13.5. The van der Waals surface area contributed by atoms with Gasteiger partial charge in [0.2, 0.25) is 0 Å². The summed E-state index contributed by atoms with van der Waals surface area (Å²) < 4.78 is 0. The minimum Gasteiger partial charge on any atom is -0.310 e. The Bertz CT molecular complexity index is 2420. The molecule has 6 aromatic carbocycles. The predicted octanol–water partition coefficient (Wildman–Crippen LogP) is 17.5. The van der Waals surface area contributed by atoms with Gasteiger partial charge in [0.1, 0.15) is 0 Å². The third-order valence-electron chi connectivity index (χ3n) is 14.5. The second-order valence-corrected chi connectivity index (χ2v) is 21.2. The second-order valence-electron chi connectivity index (χ2n) is 21.2. The van der Waals surface area contributed by atoms with Crippen LogP contribution in [0.15, 0.2) is 127 Å². The number of hydrogen-bond donors (Lipinski definition) is 0. The maximum atomic E-state index is 2.62. The van der Waals surface area contributed by atoms with Gasteiger partial charge < -0.3 is 4.90 Å². The molecule has 0 aromatic heterocycles. The van der Waals surface area contributed by atoms with E-state index in [0.29, 0.717) is 11.8 Å². The van der Waals surface area contributed by atoms with Crippen molar-refractivity contribution in [2.24, 2.45) is 0 Å². The number of benzene rings is 6. The zero-order valence-electron chi connectivity index (χ0n) is 37.8. The first-order valence-electron chi connectivity index (χ1n) is 23.3. The molecule has 0 N–H and O–H groups in total. The summed E-state index contributed by atoms with van der Waals surface area (Å²) in [5.74, 6) is 1.36. The van der Waals surface area contributed by atoms with E-state index in [1.54, 1.807) is 11.1 Å². The smallest absolute Gasteiger partial charge is 0.0467 e. The lowest BCUT2D eigenvalue weighted by Gasteiger charge is -2.29. The Morgan fingerprint density at radius 1 is 0.417 bits per heavy atom. The Morgan fingerprint density at radius 3 is 1.55 bits per heavy atom. The van der Waals surface area contributed by atoms with E-state index in [9.17, 15) is 0 Å². The molecule has 60 heavy (non-hydrogen) atoms. The van der Waals surface area contributed by atoms with Crippen LogP contribution >= 0.6 is 0 Å². The third kappa shape index (κ3) is 7.90. The molecule has 0 radical (unpaired) electrons. The molecule has 9 rings (SSSR count). The van der Waals surface area contributed by atoms with Crippen LogP contribution in [0.1, 0.15) is 165 Å². The van der Waals surface area contributed by atoms with E-state index in [4.69, 9.17) is 0 Å². The summed E-state index contributed by atoms with van der Waals surface area (Å²) in [7, 11) is 0. The van der Waals surface area contributed by atoms with Gasteiger partial charge in [-0.2, -0.15) is 0 Å². The molecule has 0 unspecified atom stereocenters. The maximum Gasteiger partial charge on any atom is 0.0467 e. The van der Waals surface area contributed by atoms with Gasteiger partial charge in [0.15, 0.2) is 0 Å². The molecule has 1 nitrogen and oxygen atoms in total. The van der Waals surface area contributed by atoms with E-state index in [-0.39, 0.29) is 16.2 Å². The topological polar surface area (TPSA) is 3.24 Å². The molecule has 0 spiro atoms. The molecule has 3 aliphatic rings. The predicted molar refractivity (Wildman–Crippen MR) is 259 cm³/mol. The van der Waals surface area contributed by atoms with Gasteiger partial charge in [-0.05, 0) is 152 Å². The zero-order chi connectivity index (χ0) is 41.8. The Morgan fingerprint density at radius 2 is 0.950 bits per heavy atom. The zero-order valence-corrected chi connectivity index (χ0v) is 37.8. The molecule has 0 bridgehead atoms. The van der Waals surface area contributed by atoms with Crippen molar-refractivity contribution in [3.8, 4) is 33.4 Å². The average Bonchev–Trinajstić information content (AvgIpc) is 3.49. The fourth-order valence-electron chi connectivity index (χ4n) is 10.8. The van der Waals surface area contributed by atoms with E-state index >= 15 is 0 Å². The van der Waals surface area contributed by atoms with Gasteiger partial charge in [0, 0.05) is 22.5 Å². The molecule has 308 valence electrons. The van der Waals surface area contributed by atoms with E-state index in [2.05, 4.69) is 188 Å². The molecule has 0 heterocycles. The van der Waals surface area contributed by atoms with Crippen LogP contribution < -0.4 is 4.90 Å². The first-order chi connectivity index (χ1) is 28.7. The Hall–Kier alpha value is -4.88. The first-order valence-corrected chi connectivity index (χ1v) is 23.3. The van der Waals surface area contributed by atoms with E-state index < -0.39 is 0 Å². The van der Waals surface area contributed by atoms with Crippen LogP contribution in [0, 0.1) is 0 Å². The van der Waals surface area contributed by atoms with Crippen molar-refractivity contribution in [1.29, 1.82) is 0 Å². The standard InChI is InChI=1S/C59H67N/c1-57(2,3)48-35-47(36-49(38-48)58(4,5)6)42-26-28-50(29-27-42)60(52-30-31-54-53-24-15-16-25-55(53)59(7,8)56(54)39-52)51-23-17-22-43(37-51)46-33-44(40-18-11-9-12-19-40)32-45(34-46)41-20-13-10-14-21-41/h15-17,22-41H,9-14,18-21H2,1-8H3. The molecule has 0 amide bonds. The highest BCUT2D eigenvalue weighted by atomic mass is 15.1. The minimum atomic E-state index is -0.0861. The molecular weight excluding hydrogens is 723 g/mol. The van der Waals surface area contributed by atoms with Crippen molar-refractivity contribution >= 4 is 17.1 Å². The molecule has 1 heteroatoms. The van der Waals surface area contributed by atoms with Crippen LogP contribution in [-0.4, -0.2) is 0 Å². The fraction of sp³-hybridized carbons (Fsp3) is 0.390.